The van der Waals surface area contributed by atoms with Gasteiger partial charge in [0, 0.05) is 19.7 Å². The third kappa shape index (κ3) is 4.73. The van der Waals surface area contributed by atoms with Crippen LogP contribution in [0.25, 0.3) is 0 Å². The highest BCUT2D eigenvalue weighted by Gasteiger charge is 2.26. The average Bonchev–Trinajstić information content (AvgIpc) is 3.40. The standard InChI is InChI=1S/C20H26N4O3/c25-20(19-14-24(22-21-19)13-18-7-4-12-26-18)23-10-8-17(9-11-23)27-15-16-5-2-1-3-6-16/h1-3,5-6,14,17-18H,4,7-13,15H2. The summed E-state index contributed by atoms with van der Waals surface area (Å²) < 4.78 is 13.3. The van der Waals surface area contributed by atoms with Gasteiger partial charge in [0.05, 0.1) is 31.6 Å². The van der Waals surface area contributed by atoms with E-state index in [0.717, 1.165) is 32.3 Å². The summed E-state index contributed by atoms with van der Waals surface area (Å²) >= 11 is 0. The van der Waals surface area contributed by atoms with Gasteiger partial charge in [0.2, 0.25) is 0 Å². The molecule has 7 nitrogen and oxygen atoms in total. The van der Waals surface area contributed by atoms with Crippen molar-refractivity contribution in [3.05, 3.63) is 47.8 Å². The van der Waals surface area contributed by atoms with E-state index >= 15 is 0 Å². The van der Waals surface area contributed by atoms with Crippen LogP contribution in [0.15, 0.2) is 36.5 Å². The molecule has 2 aliphatic heterocycles. The molecule has 0 radical (unpaired) electrons. The highest BCUT2D eigenvalue weighted by atomic mass is 16.5. The normalized spacial score (nSPS) is 20.9. The Hall–Kier alpha value is -2.25. The van der Waals surface area contributed by atoms with Crippen molar-refractivity contribution >= 4 is 5.91 Å². The lowest BCUT2D eigenvalue weighted by Crippen LogP contribution is -2.41. The van der Waals surface area contributed by atoms with Gasteiger partial charge in [-0.05, 0) is 31.2 Å². The van der Waals surface area contributed by atoms with Gasteiger partial charge < -0.3 is 14.4 Å². The number of aromatic nitrogens is 3. The van der Waals surface area contributed by atoms with Crippen LogP contribution >= 0.6 is 0 Å². The van der Waals surface area contributed by atoms with E-state index in [1.54, 1.807) is 10.9 Å². The van der Waals surface area contributed by atoms with Crippen LogP contribution in [-0.4, -0.2) is 57.7 Å². The first kappa shape index (κ1) is 18.1. The zero-order chi connectivity index (χ0) is 18.5. The maximum Gasteiger partial charge on any atom is 0.276 e. The fraction of sp³-hybridized carbons (Fsp3) is 0.550. The lowest BCUT2D eigenvalue weighted by molar-refractivity contribution is -0.000514. The van der Waals surface area contributed by atoms with Crippen molar-refractivity contribution < 1.29 is 14.3 Å². The number of hydrogen-bond acceptors (Lipinski definition) is 5. The molecule has 1 aromatic heterocycles. The van der Waals surface area contributed by atoms with Gasteiger partial charge in [-0.1, -0.05) is 35.5 Å². The second-order valence-electron chi connectivity index (χ2n) is 7.25. The van der Waals surface area contributed by atoms with Gasteiger partial charge in [0.1, 0.15) is 0 Å². The molecule has 0 N–H and O–H groups in total. The van der Waals surface area contributed by atoms with Gasteiger partial charge in [0.25, 0.3) is 5.91 Å². The molecule has 1 unspecified atom stereocenters. The van der Waals surface area contributed by atoms with Gasteiger partial charge >= 0.3 is 0 Å². The summed E-state index contributed by atoms with van der Waals surface area (Å²) in [6.07, 6.45) is 5.95. The van der Waals surface area contributed by atoms with Gasteiger partial charge in [-0.2, -0.15) is 0 Å². The molecule has 3 heterocycles. The minimum atomic E-state index is -0.0462. The summed E-state index contributed by atoms with van der Waals surface area (Å²) in [5.74, 6) is -0.0462. The Morgan fingerprint density at radius 3 is 2.74 bits per heavy atom. The Morgan fingerprint density at radius 2 is 2.00 bits per heavy atom. The summed E-state index contributed by atoms with van der Waals surface area (Å²) in [6.45, 7) is 3.48. The van der Waals surface area contributed by atoms with Crippen molar-refractivity contribution in [3.8, 4) is 0 Å². The van der Waals surface area contributed by atoms with E-state index in [4.69, 9.17) is 9.47 Å². The Bertz CT molecular complexity index is 735. The first-order valence-electron chi connectivity index (χ1n) is 9.74. The van der Waals surface area contributed by atoms with E-state index in [9.17, 15) is 4.79 Å². The number of carbonyl (C=O) groups is 1. The molecule has 2 saturated heterocycles. The Balaban J connectivity index is 1.24. The van der Waals surface area contributed by atoms with Crippen molar-refractivity contribution in [2.75, 3.05) is 19.7 Å². The molecule has 2 aromatic rings. The summed E-state index contributed by atoms with van der Waals surface area (Å²) in [5.41, 5.74) is 1.59. The molecule has 7 heteroatoms. The molecule has 2 fully saturated rings. The first-order valence-corrected chi connectivity index (χ1v) is 9.74. The van der Waals surface area contributed by atoms with Crippen LogP contribution in [0.2, 0.25) is 0 Å². The molecule has 144 valence electrons. The Labute approximate surface area is 159 Å². The second kappa shape index (κ2) is 8.63. The fourth-order valence-electron chi connectivity index (χ4n) is 3.66. The monoisotopic (exact) mass is 370 g/mol. The lowest BCUT2D eigenvalue weighted by Gasteiger charge is -2.31. The quantitative estimate of drug-likeness (QED) is 0.780. The molecule has 0 saturated carbocycles. The largest absolute Gasteiger partial charge is 0.376 e. The van der Waals surface area contributed by atoms with Crippen LogP contribution in [0.4, 0.5) is 0 Å². The maximum absolute atomic E-state index is 12.7. The average molecular weight is 370 g/mol. The number of nitrogens with zero attached hydrogens (tertiary/aromatic N) is 4. The molecule has 0 bridgehead atoms. The molecule has 0 aliphatic carbocycles. The highest BCUT2D eigenvalue weighted by molar-refractivity contribution is 5.92. The maximum atomic E-state index is 12.7. The second-order valence-corrected chi connectivity index (χ2v) is 7.25. The molecule has 1 amide bonds. The summed E-state index contributed by atoms with van der Waals surface area (Å²) in [4.78, 5) is 14.5. The number of amides is 1. The van der Waals surface area contributed by atoms with Crippen molar-refractivity contribution in [1.29, 1.82) is 0 Å². The van der Waals surface area contributed by atoms with Crippen molar-refractivity contribution in [2.45, 2.75) is 51.0 Å². The van der Waals surface area contributed by atoms with Crippen molar-refractivity contribution in [2.24, 2.45) is 0 Å². The van der Waals surface area contributed by atoms with Crippen LogP contribution in [0, 0.1) is 0 Å². The van der Waals surface area contributed by atoms with E-state index in [1.165, 1.54) is 5.56 Å². The smallest absolute Gasteiger partial charge is 0.276 e. The topological polar surface area (TPSA) is 69.5 Å². The molecular weight excluding hydrogens is 344 g/mol. The molecular formula is C20H26N4O3. The number of rotatable bonds is 6. The lowest BCUT2D eigenvalue weighted by atomic mass is 10.1. The van der Waals surface area contributed by atoms with E-state index in [2.05, 4.69) is 22.4 Å². The first-order chi connectivity index (χ1) is 13.3. The minimum Gasteiger partial charge on any atom is -0.376 e. The predicted molar refractivity (Wildman–Crippen MR) is 99.2 cm³/mol. The van der Waals surface area contributed by atoms with E-state index in [1.807, 2.05) is 23.1 Å². The van der Waals surface area contributed by atoms with Crippen LogP contribution < -0.4 is 0 Å². The van der Waals surface area contributed by atoms with Crippen LogP contribution in [-0.2, 0) is 22.6 Å². The summed E-state index contributed by atoms with van der Waals surface area (Å²) in [6, 6.07) is 10.2. The Morgan fingerprint density at radius 1 is 1.19 bits per heavy atom. The number of ether oxygens (including phenoxy) is 2. The number of hydrogen-bond donors (Lipinski definition) is 0. The molecule has 4 rings (SSSR count). The fourth-order valence-corrected chi connectivity index (χ4v) is 3.66. The summed E-state index contributed by atoms with van der Waals surface area (Å²) in [7, 11) is 0. The van der Waals surface area contributed by atoms with Gasteiger partial charge in [0.15, 0.2) is 5.69 Å². The number of benzene rings is 1. The molecule has 2 aliphatic rings. The van der Waals surface area contributed by atoms with Gasteiger partial charge in [-0.25, -0.2) is 4.68 Å². The zero-order valence-corrected chi connectivity index (χ0v) is 15.5. The minimum absolute atomic E-state index is 0.0462. The number of piperidine rings is 1. The van der Waals surface area contributed by atoms with Crippen LogP contribution in [0.1, 0.15) is 41.7 Å². The van der Waals surface area contributed by atoms with Crippen molar-refractivity contribution in [1.82, 2.24) is 19.9 Å². The van der Waals surface area contributed by atoms with Gasteiger partial charge in [-0.3, -0.25) is 4.79 Å². The molecule has 27 heavy (non-hydrogen) atoms. The predicted octanol–water partition coefficient (Wildman–Crippen LogP) is 2.28. The molecule has 1 atom stereocenters. The van der Waals surface area contributed by atoms with E-state index in [-0.39, 0.29) is 18.1 Å². The summed E-state index contributed by atoms with van der Waals surface area (Å²) in [5, 5.41) is 8.15. The SMILES string of the molecule is O=C(c1cn(CC2CCCO2)nn1)N1CCC(OCc2ccccc2)CC1. The molecule has 1 aromatic carbocycles. The van der Waals surface area contributed by atoms with Crippen LogP contribution in [0.5, 0.6) is 0 Å². The van der Waals surface area contributed by atoms with Crippen molar-refractivity contribution in [3.63, 3.8) is 0 Å². The third-order valence-corrected chi connectivity index (χ3v) is 5.23. The van der Waals surface area contributed by atoms with E-state index < -0.39 is 0 Å². The third-order valence-electron chi connectivity index (χ3n) is 5.23. The van der Waals surface area contributed by atoms with E-state index in [0.29, 0.717) is 31.9 Å². The Kier molecular flexibility index (Phi) is 5.79. The van der Waals surface area contributed by atoms with Gasteiger partial charge in [-0.15, -0.1) is 5.10 Å². The molecule has 0 spiro atoms. The highest BCUT2D eigenvalue weighted by Crippen LogP contribution is 2.18. The van der Waals surface area contributed by atoms with Crippen LogP contribution in [0.3, 0.4) is 0 Å². The number of likely N-dealkylation sites (tertiary alicyclic amines) is 1. The number of carbonyl (C=O) groups excluding carboxylic acids is 1. The zero-order valence-electron chi connectivity index (χ0n) is 15.5.